The van der Waals surface area contributed by atoms with E-state index in [9.17, 15) is 0 Å². The summed E-state index contributed by atoms with van der Waals surface area (Å²) in [4.78, 5) is 7.73. The lowest BCUT2D eigenvalue weighted by Gasteiger charge is -2.15. The Bertz CT molecular complexity index is 389. The number of halogens is 1. The van der Waals surface area contributed by atoms with Gasteiger partial charge in [0.15, 0.2) is 5.15 Å². The van der Waals surface area contributed by atoms with Gasteiger partial charge in [-0.2, -0.15) is 0 Å². The van der Waals surface area contributed by atoms with Crippen LogP contribution in [0.4, 0.5) is 0 Å². The zero-order chi connectivity index (χ0) is 13.7. The Morgan fingerprint density at radius 3 is 2.95 bits per heavy atom. The van der Waals surface area contributed by atoms with Crippen LogP contribution in [0, 0.1) is 11.8 Å². The molecule has 0 spiro atoms. The van der Waals surface area contributed by atoms with Gasteiger partial charge in [-0.15, -0.1) is 0 Å². The van der Waals surface area contributed by atoms with Crippen LogP contribution >= 0.6 is 11.6 Å². The van der Waals surface area contributed by atoms with Crippen molar-refractivity contribution in [2.24, 2.45) is 11.8 Å². The highest BCUT2D eigenvalue weighted by molar-refractivity contribution is 6.30. The summed E-state index contributed by atoms with van der Waals surface area (Å²) in [5.74, 6) is 2.73. The van der Waals surface area contributed by atoms with E-state index in [1.165, 1.54) is 25.7 Å². The molecule has 0 aliphatic heterocycles. The molecule has 1 fully saturated rings. The van der Waals surface area contributed by atoms with E-state index >= 15 is 0 Å². The van der Waals surface area contributed by atoms with Crippen molar-refractivity contribution < 1.29 is 0 Å². The van der Waals surface area contributed by atoms with Gasteiger partial charge in [0.2, 0.25) is 0 Å². The Balaban J connectivity index is 1.77. The maximum absolute atomic E-state index is 6.17. The second-order valence-electron chi connectivity index (χ2n) is 5.86. The summed E-state index contributed by atoms with van der Waals surface area (Å²) in [6.07, 6.45) is 7.49. The van der Waals surface area contributed by atoms with E-state index in [0.717, 1.165) is 49.3 Å². The second kappa shape index (κ2) is 7.30. The minimum atomic E-state index is 0.637. The van der Waals surface area contributed by atoms with Crippen LogP contribution in [0.15, 0.2) is 0 Å². The van der Waals surface area contributed by atoms with Crippen LogP contribution in [0.5, 0.6) is 0 Å². The number of H-pyrrole nitrogens is 1. The summed E-state index contributed by atoms with van der Waals surface area (Å²) in [6, 6.07) is 0. The average Bonchev–Trinajstić information content (AvgIpc) is 2.95. The van der Waals surface area contributed by atoms with E-state index in [1.807, 2.05) is 0 Å². The van der Waals surface area contributed by atoms with Gasteiger partial charge in [-0.05, 0) is 31.2 Å². The highest BCUT2D eigenvalue weighted by Gasteiger charge is 2.22. The maximum Gasteiger partial charge on any atom is 0.151 e. The van der Waals surface area contributed by atoms with Gasteiger partial charge in [0, 0.05) is 13.0 Å². The van der Waals surface area contributed by atoms with E-state index < -0.39 is 0 Å². The number of hydrogen-bond acceptors (Lipinski definition) is 2. The topological polar surface area (TPSA) is 40.7 Å². The monoisotopic (exact) mass is 283 g/mol. The molecule has 0 bridgehead atoms. The van der Waals surface area contributed by atoms with Crippen molar-refractivity contribution in [1.29, 1.82) is 0 Å². The Kier molecular flexibility index (Phi) is 5.71. The molecule has 1 aromatic rings. The molecule has 2 rings (SSSR count). The van der Waals surface area contributed by atoms with Crippen LogP contribution in [0.25, 0.3) is 0 Å². The second-order valence-corrected chi connectivity index (χ2v) is 6.21. The van der Waals surface area contributed by atoms with Gasteiger partial charge in [0.05, 0.1) is 5.69 Å². The number of aromatic amines is 1. The Morgan fingerprint density at radius 1 is 1.42 bits per heavy atom. The third kappa shape index (κ3) is 4.22. The molecule has 3 nitrogen and oxygen atoms in total. The number of rotatable bonds is 7. The summed E-state index contributed by atoms with van der Waals surface area (Å²) in [7, 11) is 0. The van der Waals surface area contributed by atoms with Crippen molar-refractivity contribution >= 4 is 11.6 Å². The summed E-state index contributed by atoms with van der Waals surface area (Å²) >= 11 is 6.17. The first kappa shape index (κ1) is 14.9. The lowest BCUT2D eigenvalue weighted by Crippen LogP contribution is -2.24. The third-order valence-electron chi connectivity index (χ3n) is 4.29. The van der Waals surface area contributed by atoms with Crippen LogP contribution in [-0.2, 0) is 13.0 Å². The fourth-order valence-corrected chi connectivity index (χ4v) is 3.14. The molecule has 1 heterocycles. The van der Waals surface area contributed by atoms with E-state index in [1.54, 1.807) is 0 Å². The van der Waals surface area contributed by atoms with Crippen LogP contribution in [-0.4, -0.2) is 16.5 Å². The molecule has 0 amide bonds. The van der Waals surface area contributed by atoms with Crippen LogP contribution in [0.2, 0.25) is 5.15 Å². The standard InChI is InChI=1S/C15H26ClN3/c1-3-4-8-14-18-13(15(16)19-14)10-17-9-12-7-5-6-11(12)2/h11-12,17H,3-10H2,1-2H3,(H,18,19). The van der Waals surface area contributed by atoms with Crippen LogP contribution in [0.1, 0.15) is 57.5 Å². The van der Waals surface area contributed by atoms with Crippen molar-refractivity contribution in [2.45, 2.75) is 58.9 Å². The molecular formula is C15H26ClN3. The van der Waals surface area contributed by atoms with Crippen molar-refractivity contribution in [2.75, 3.05) is 6.54 Å². The summed E-state index contributed by atoms with van der Waals surface area (Å²) < 4.78 is 0. The molecule has 1 aliphatic carbocycles. The first-order chi connectivity index (χ1) is 9.20. The Labute approximate surface area is 121 Å². The quantitative estimate of drug-likeness (QED) is 0.796. The molecule has 0 aromatic carbocycles. The van der Waals surface area contributed by atoms with Gasteiger partial charge in [0.1, 0.15) is 5.82 Å². The minimum Gasteiger partial charge on any atom is -0.344 e. The number of aryl methyl sites for hydroxylation is 1. The molecule has 0 saturated heterocycles. The predicted octanol–water partition coefficient (Wildman–Crippen LogP) is 3.93. The highest BCUT2D eigenvalue weighted by Crippen LogP contribution is 2.30. The molecule has 2 unspecified atom stereocenters. The molecule has 19 heavy (non-hydrogen) atoms. The lowest BCUT2D eigenvalue weighted by atomic mass is 9.98. The Morgan fingerprint density at radius 2 is 2.26 bits per heavy atom. The third-order valence-corrected chi connectivity index (χ3v) is 4.60. The van der Waals surface area contributed by atoms with Gasteiger partial charge < -0.3 is 10.3 Å². The van der Waals surface area contributed by atoms with Gasteiger partial charge >= 0.3 is 0 Å². The van der Waals surface area contributed by atoms with Gasteiger partial charge in [0.25, 0.3) is 0 Å². The zero-order valence-corrected chi connectivity index (χ0v) is 12.9. The highest BCUT2D eigenvalue weighted by atomic mass is 35.5. The molecular weight excluding hydrogens is 258 g/mol. The number of nitrogens with zero attached hydrogens (tertiary/aromatic N) is 1. The number of nitrogens with one attached hydrogen (secondary N) is 2. The number of imidazole rings is 1. The molecule has 2 N–H and O–H groups in total. The zero-order valence-electron chi connectivity index (χ0n) is 12.1. The van der Waals surface area contributed by atoms with E-state index in [0.29, 0.717) is 5.15 Å². The lowest BCUT2D eigenvalue weighted by molar-refractivity contribution is 0.391. The molecule has 1 aliphatic rings. The summed E-state index contributed by atoms with van der Waals surface area (Å²) in [5, 5.41) is 4.17. The van der Waals surface area contributed by atoms with Gasteiger partial charge in [-0.25, -0.2) is 4.98 Å². The smallest absolute Gasteiger partial charge is 0.151 e. The normalized spacial score (nSPS) is 23.1. The minimum absolute atomic E-state index is 0.637. The van der Waals surface area contributed by atoms with Gasteiger partial charge in [-0.1, -0.05) is 44.7 Å². The molecule has 1 saturated carbocycles. The molecule has 108 valence electrons. The van der Waals surface area contributed by atoms with Crippen LogP contribution < -0.4 is 5.32 Å². The average molecular weight is 284 g/mol. The number of hydrogen-bond donors (Lipinski definition) is 2. The van der Waals surface area contributed by atoms with Crippen molar-refractivity contribution in [1.82, 2.24) is 15.3 Å². The molecule has 2 atom stereocenters. The number of aromatic nitrogens is 2. The first-order valence-corrected chi connectivity index (χ1v) is 8.02. The Hall–Kier alpha value is -0.540. The first-order valence-electron chi connectivity index (χ1n) is 7.64. The van der Waals surface area contributed by atoms with Crippen molar-refractivity contribution in [3.63, 3.8) is 0 Å². The summed E-state index contributed by atoms with van der Waals surface area (Å²) in [6.45, 7) is 6.46. The van der Waals surface area contributed by atoms with E-state index in [-0.39, 0.29) is 0 Å². The SMILES string of the molecule is CCCCc1nc(Cl)c(CNCC2CCCC2C)[nH]1. The van der Waals surface area contributed by atoms with Crippen molar-refractivity contribution in [3.05, 3.63) is 16.7 Å². The number of unbranched alkanes of at least 4 members (excludes halogenated alkanes) is 1. The fraction of sp³-hybridized carbons (Fsp3) is 0.800. The van der Waals surface area contributed by atoms with E-state index in [4.69, 9.17) is 11.6 Å². The van der Waals surface area contributed by atoms with Crippen LogP contribution in [0.3, 0.4) is 0 Å². The predicted molar refractivity (Wildman–Crippen MR) is 80.4 cm³/mol. The maximum atomic E-state index is 6.17. The van der Waals surface area contributed by atoms with Crippen molar-refractivity contribution in [3.8, 4) is 0 Å². The molecule has 4 heteroatoms. The molecule has 0 radical (unpaired) electrons. The summed E-state index contributed by atoms with van der Waals surface area (Å²) in [5.41, 5.74) is 1.04. The molecule has 1 aromatic heterocycles. The van der Waals surface area contributed by atoms with E-state index in [2.05, 4.69) is 29.1 Å². The largest absolute Gasteiger partial charge is 0.344 e. The fourth-order valence-electron chi connectivity index (χ4n) is 2.93. The van der Waals surface area contributed by atoms with Gasteiger partial charge in [-0.3, -0.25) is 0 Å².